The summed E-state index contributed by atoms with van der Waals surface area (Å²) in [7, 11) is -1.83. The van der Waals surface area contributed by atoms with Crippen molar-refractivity contribution in [3.63, 3.8) is 0 Å². The molecule has 0 aliphatic rings. The highest BCUT2D eigenvalue weighted by Gasteiger charge is 2.16. The molecule has 0 bridgehead atoms. The van der Waals surface area contributed by atoms with Gasteiger partial charge in [-0.15, -0.1) is 6.58 Å². The molecule has 21 heavy (non-hydrogen) atoms. The van der Waals surface area contributed by atoms with E-state index in [9.17, 15) is 13.2 Å². The highest BCUT2D eigenvalue weighted by Crippen LogP contribution is 2.16. The van der Waals surface area contributed by atoms with Crippen LogP contribution >= 0.6 is 0 Å². The first-order valence-corrected chi connectivity index (χ1v) is 8.22. The van der Waals surface area contributed by atoms with Crippen molar-refractivity contribution in [1.29, 1.82) is 0 Å². The van der Waals surface area contributed by atoms with Crippen LogP contribution in [0.2, 0.25) is 0 Å². The van der Waals surface area contributed by atoms with Gasteiger partial charge in [0, 0.05) is 19.6 Å². The standard InChI is InChI=1S/C14H20N2O4S/c1-4-10-16(21(3,18)19)11-9-15-14(17)12-7-5-6-8-13(12)20-2/h4-8H,1,9-11H2,2-3H3,(H,15,17). The van der Waals surface area contributed by atoms with Gasteiger partial charge in [-0.1, -0.05) is 18.2 Å². The van der Waals surface area contributed by atoms with E-state index < -0.39 is 10.0 Å². The van der Waals surface area contributed by atoms with Gasteiger partial charge in [-0.3, -0.25) is 4.79 Å². The summed E-state index contributed by atoms with van der Waals surface area (Å²) in [5.41, 5.74) is 0.412. The van der Waals surface area contributed by atoms with Crippen molar-refractivity contribution in [3.8, 4) is 5.75 Å². The largest absolute Gasteiger partial charge is 0.496 e. The number of rotatable bonds is 8. The molecule has 1 amide bonds. The number of para-hydroxylation sites is 1. The quantitative estimate of drug-likeness (QED) is 0.723. The summed E-state index contributed by atoms with van der Waals surface area (Å²) < 4.78 is 29.4. The first-order chi connectivity index (χ1) is 9.90. The average molecular weight is 312 g/mol. The molecule has 0 saturated heterocycles. The van der Waals surface area contributed by atoms with Crippen LogP contribution in [0, 0.1) is 0 Å². The van der Waals surface area contributed by atoms with Gasteiger partial charge in [-0.2, -0.15) is 4.31 Å². The highest BCUT2D eigenvalue weighted by molar-refractivity contribution is 7.88. The molecule has 0 radical (unpaired) electrons. The minimum Gasteiger partial charge on any atom is -0.496 e. The zero-order chi connectivity index (χ0) is 15.9. The predicted molar refractivity (Wildman–Crippen MR) is 81.9 cm³/mol. The summed E-state index contributed by atoms with van der Waals surface area (Å²) in [6, 6.07) is 6.84. The fourth-order valence-electron chi connectivity index (χ4n) is 1.76. The van der Waals surface area contributed by atoms with E-state index in [4.69, 9.17) is 4.74 Å². The topological polar surface area (TPSA) is 75.7 Å². The number of nitrogens with one attached hydrogen (secondary N) is 1. The van der Waals surface area contributed by atoms with Crippen molar-refractivity contribution in [1.82, 2.24) is 9.62 Å². The molecular weight excluding hydrogens is 292 g/mol. The Bertz CT molecular complexity index is 599. The van der Waals surface area contributed by atoms with E-state index in [0.29, 0.717) is 11.3 Å². The number of hydrogen-bond acceptors (Lipinski definition) is 4. The third-order valence-corrected chi connectivity index (χ3v) is 4.07. The summed E-state index contributed by atoms with van der Waals surface area (Å²) in [6.07, 6.45) is 2.63. The van der Waals surface area contributed by atoms with Crippen LogP contribution in [0.1, 0.15) is 10.4 Å². The van der Waals surface area contributed by atoms with Crippen LogP contribution in [0.15, 0.2) is 36.9 Å². The molecule has 1 rings (SSSR count). The summed E-state index contributed by atoms with van der Waals surface area (Å²) in [5, 5.41) is 2.68. The van der Waals surface area contributed by atoms with Crippen LogP contribution in [0.25, 0.3) is 0 Å². The lowest BCUT2D eigenvalue weighted by molar-refractivity contribution is 0.0949. The number of benzene rings is 1. The van der Waals surface area contributed by atoms with Gasteiger partial charge < -0.3 is 10.1 Å². The molecule has 0 heterocycles. The molecule has 7 heteroatoms. The Kier molecular flexibility index (Phi) is 6.39. The van der Waals surface area contributed by atoms with E-state index in [1.54, 1.807) is 24.3 Å². The van der Waals surface area contributed by atoms with Crippen molar-refractivity contribution in [3.05, 3.63) is 42.5 Å². The van der Waals surface area contributed by atoms with Crippen LogP contribution in [0.4, 0.5) is 0 Å². The Morgan fingerprint density at radius 2 is 2.10 bits per heavy atom. The van der Waals surface area contributed by atoms with Crippen molar-refractivity contribution in [2.75, 3.05) is 33.0 Å². The van der Waals surface area contributed by atoms with E-state index in [1.807, 2.05) is 0 Å². The number of ether oxygens (including phenoxy) is 1. The number of carbonyl (C=O) groups excluding carboxylic acids is 1. The second-order valence-electron chi connectivity index (χ2n) is 4.37. The Morgan fingerprint density at radius 1 is 1.43 bits per heavy atom. The lowest BCUT2D eigenvalue weighted by Crippen LogP contribution is -2.38. The van der Waals surface area contributed by atoms with Gasteiger partial charge in [0.25, 0.3) is 5.91 Å². The lowest BCUT2D eigenvalue weighted by atomic mass is 10.2. The molecule has 0 aromatic heterocycles. The lowest BCUT2D eigenvalue weighted by Gasteiger charge is -2.18. The summed E-state index contributed by atoms with van der Waals surface area (Å²) >= 11 is 0. The van der Waals surface area contributed by atoms with Gasteiger partial charge in [0.15, 0.2) is 0 Å². The Hall–Kier alpha value is -1.86. The average Bonchev–Trinajstić information content (AvgIpc) is 2.45. The van der Waals surface area contributed by atoms with Gasteiger partial charge in [0.2, 0.25) is 10.0 Å². The molecule has 1 aromatic rings. The van der Waals surface area contributed by atoms with Crippen molar-refractivity contribution in [2.45, 2.75) is 0 Å². The van der Waals surface area contributed by atoms with Crippen LogP contribution in [-0.4, -0.2) is 51.6 Å². The van der Waals surface area contributed by atoms with E-state index >= 15 is 0 Å². The monoisotopic (exact) mass is 312 g/mol. The normalized spacial score (nSPS) is 11.2. The second kappa shape index (κ2) is 7.80. The van der Waals surface area contributed by atoms with Gasteiger partial charge in [-0.25, -0.2) is 8.42 Å². The molecule has 0 fully saturated rings. The third kappa shape index (κ3) is 5.20. The maximum Gasteiger partial charge on any atom is 0.255 e. The molecule has 0 atom stereocenters. The van der Waals surface area contributed by atoms with Crippen molar-refractivity contribution < 1.29 is 17.9 Å². The SMILES string of the molecule is C=CCN(CCNC(=O)c1ccccc1OC)S(C)(=O)=O. The third-order valence-electron chi connectivity index (χ3n) is 2.80. The van der Waals surface area contributed by atoms with Crippen LogP contribution < -0.4 is 10.1 Å². The molecular formula is C14H20N2O4S. The Morgan fingerprint density at radius 3 is 2.67 bits per heavy atom. The zero-order valence-electron chi connectivity index (χ0n) is 12.2. The molecule has 1 N–H and O–H groups in total. The molecule has 116 valence electrons. The number of amides is 1. The van der Waals surface area contributed by atoms with Crippen LogP contribution in [0.3, 0.4) is 0 Å². The van der Waals surface area contributed by atoms with Crippen LogP contribution in [0.5, 0.6) is 5.75 Å². The van der Waals surface area contributed by atoms with Gasteiger partial charge in [0.1, 0.15) is 5.75 Å². The first-order valence-electron chi connectivity index (χ1n) is 6.37. The molecule has 0 unspecified atom stereocenters. The molecule has 0 aliphatic carbocycles. The van der Waals surface area contributed by atoms with Gasteiger partial charge in [-0.05, 0) is 12.1 Å². The smallest absolute Gasteiger partial charge is 0.255 e. The second-order valence-corrected chi connectivity index (χ2v) is 6.35. The Balaban J connectivity index is 2.62. The first kappa shape index (κ1) is 17.2. The number of sulfonamides is 1. The Labute approximate surface area is 125 Å². The van der Waals surface area contributed by atoms with Gasteiger partial charge >= 0.3 is 0 Å². The van der Waals surface area contributed by atoms with E-state index in [-0.39, 0.29) is 25.5 Å². The molecule has 0 saturated carbocycles. The van der Waals surface area contributed by atoms with Crippen molar-refractivity contribution >= 4 is 15.9 Å². The molecule has 6 nitrogen and oxygen atoms in total. The van der Waals surface area contributed by atoms with E-state index in [1.165, 1.54) is 17.5 Å². The highest BCUT2D eigenvalue weighted by atomic mass is 32.2. The van der Waals surface area contributed by atoms with Crippen molar-refractivity contribution in [2.24, 2.45) is 0 Å². The fourth-order valence-corrected chi connectivity index (χ4v) is 2.56. The maximum absolute atomic E-state index is 12.0. The zero-order valence-corrected chi connectivity index (χ0v) is 13.0. The van der Waals surface area contributed by atoms with Crippen LogP contribution in [-0.2, 0) is 10.0 Å². The number of methoxy groups -OCH3 is 1. The number of nitrogens with zero attached hydrogens (tertiary/aromatic N) is 1. The van der Waals surface area contributed by atoms with E-state index in [2.05, 4.69) is 11.9 Å². The minimum atomic E-state index is -3.32. The van der Waals surface area contributed by atoms with Gasteiger partial charge in [0.05, 0.1) is 18.9 Å². The summed E-state index contributed by atoms with van der Waals surface area (Å²) in [6.45, 7) is 4.12. The summed E-state index contributed by atoms with van der Waals surface area (Å²) in [5.74, 6) is 0.167. The molecule has 1 aromatic carbocycles. The minimum absolute atomic E-state index is 0.186. The maximum atomic E-state index is 12.0. The fraction of sp³-hybridized carbons (Fsp3) is 0.357. The molecule has 0 spiro atoms. The summed E-state index contributed by atoms with van der Waals surface area (Å²) in [4.78, 5) is 12.0. The van der Waals surface area contributed by atoms with E-state index in [0.717, 1.165) is 6.26 Å². The number of carbonyl (C=O) groups is 1. The molecule has 0 aliphatic heterocycles. The number of hydrogen-bond donors (Lipinski definition) is 1. The predicted octanol–water partition coefficient (Wildman–Crippen LogP) is 0.873.